The number of hydrazone groups is 1. The predicted molar refractivity (Wildman–Crippen MR) is 65.2 cm³/mol. The van der Waals surface area contributed by atoms with E-state index in [4.69, 9.17) is 10.5 Å². The number of methoxy groups -OCH3 is 1. The minimum absolute atomic E-state index is 0.137. The van der Waals surface area contributed by atoms with E-state index in [-0.39, 0.29) is 5.11 Å². The van der Waals surface area contributed by atoms with Gasteiger partial charge < -0.3 is 10.5 Å². The van der Waals surface area contributed by atoms with E-state index in [0.29, 0.717) is 0 Å². The van der Waals surface area contributed by atoms with E-state index in [2.05, 4.69) is 22.7 Å². The van der Waals surface area contributed by atoms with Gasteiger partial charge in [0.2, 0.25) is 0 Å². The van der Waals surface area contributed by atoms with Gasteiger partial charge in [-0.15, -0.1) is 0 Å². The summed E-state index contributed by atoms with van der Waals surface area (Å²) in [6, 6.07) is 5.80. The monoisotopic (exact) mass is 223 g/mol. The fraction of sp³-hybridized carbons (Fsp3) is 0.200. The van der Waals surface area contributed by atoms with Gasteiger partial charge in [0.05, 0.1) is 13.3 Å². The predicted octanol–water partition coefficient (Wildman–Crippen LogP) is 1.17. The van der Waals surface area contributed by atoms with Crippen LogP contribution >= 0.6 is 12.2 Å². The van der Waals surface area contributed by atoms with Crippen molar-refractivity contribution in [1.29, 1.82) is 0 Å². The van der Waals surface area contributed by atoms with Gasteiger partial charge in [0.25, 0.3) is 0 Å². The first-order chi connectivity index (χ1) is 7.15. The lowest BCUT2D eigenvalue weighted by Crippen LogP contribution is -2.24. The van der Waals surface area contributed by atoms with E-state index in [9.17, 15) is 0 Å². The van der Waals surface area contributed by atoms with Gasteiger partial charge in [0.15, 0.2) is 5.11 Å². The van der Waals surface area contributed by atoms with Crippen LogP contribution in [-0.4, -0.2) is 18.4 Å². The van der Waals surface area contributed by atoms with Gasteiger partial charge in [0, 0.05) is 5.56 Å². The van der Waals surface area contributed by atoms with Gasteiger partial charge in [-0.3, -0.25) is 5.43 Å². The highest BCUT2D eigenvalue weighted by Gasteiger charge is 2.02. The summed E-state index contributed by atoms with van der Waals surface area (Å²) in [5, 5.41) is 4.01. The second kappa shape index (κ2) is 5.31. The van der Waals surface area contributed by atoms with E-state index < -0.39 is 0 Å². The summed E-state index contributed by atoms with van der Waals surface area (Å²) >= 11 is 4.62. The van der Waals surface area contributed by atoms with E-state index in [0.717, 1.165) is 16.9 Å². The van der Waals surface area contributed by atoms with Gasteiger partial charge in [0.1, 0.15) is 5.75 Å². The van der Waals surface area contributed by atoms with E-state index in [1.54, 1.807) is 13.3 Å². The number of nitrogens with one attached hydrogen (secondary N) is 1. The smallest absolute Gasteiger partial charge is 0.184 e. The lowest BCUT2D eigenvalue weighted by atomic mass is 10.1. The molecule has 0 bridgehead atoms. The van der Waals surface area contributed by atoms with Crippen molar-refractivity contribution in [1.82, 2.24) is 5.43 Å². The molecule has 0 aromatic heterocycles. The van der Waals surface area contributed by atoms with Crippen LogP contribution in [0.1, 0.15) is 11.1 Å². The van der Waals surface area contributed by atoms with Crippen LogP contribution in [0.5, 0.6) is 5.75 Å². The van der Waals surface area contributed by atoms with E-state index >= 15 is 0 Å². The Kier molecular flexibility index (Phi) is 4.05. The molecule has 5 heteroatoms. The third kappa shape index (κ3) is 3.21. The number of hydrogen-bond acceptors (Lipinski definition) is 3. The maximum atomic E-state index is 5.25. The molecule has 0 amide bonds. The standard InChI is InChI=1S/C10H13N3OS/c1-7-4-3-5-8(9(7)14-2)6-12-13-10(11)15/h3-6H,1-2H3,(H3,11,13,15). The molecular weight excluding hydrogens is 210 g/mol. The van der Waals surface area contributed by atoms with Crippen LogP contribution in [0.3, 0.4) is 0 Å². The fourth-order valence-corrected chi connectivity index (χ4v) is 1.27. The molecule has 0 radical (unpaired) electrons. The van der Waals surface area contributed by atoms with Crippen LogP contribution in [0.25, 0.3) is 0 Å². The Morgan fingerprint density at radius 1 is 1.60 bits per heavy atom. The number of benzene rings is 1. The Morgan fingerprint density at radius 3 is 2.93 bits per heavy atom. The Labute approximate surface area is 94.1 Å². The van der Waals surface area contributed by atoms with Gasteiger partial charge >= 0.3 is 0 Å². The summed E-state index contributed by atoms with van der Waals surface area (Å²) < 4.78 is 5.25. The zero-order valence-electron chi connectivity index (χ0n) is 8.65. The number of ether oxygens (including phenoxy) is 1. The summed E-state index contributed by atoms with van der Waals surface area (Å²) in [7, 11) is 1.63. The molecule has 0 atom stereocenters. The van der Waals surface area contributed by atoms with Crippen molar-refractivity contribution < 1.29 is 4.74 Å². The zero-order valence-corrected chi connectivity index (χ0v) is 9.47. The number of hydrogen-bond donors (Lipinski definition) is 2. The molecule has 0 aliphatic heterocycles. The first kappa shape index (κ1) is 11.5. The Bertz CT molecular complexity index is 390. The molecule has 0 fully saturated rings. The van der Waals surface area contributed by atoms with E-state index in [1.807, 2.05) is 25.1 Å². The Morgan fingerprint density at radius 2 is 2.33 bits per heavy atom. The summed E-state index contributed by atoms with van der Waals surface area (Å²) in [5.74, 6) is 0.797. The summed E-state index contributed by atoms with van der Waals surface area (Å²) in [5.41, 5.74) is 9.65. The molecule has 1 aromatic rings. The van der Waals surface area contributed by atoms with E-state index in [1.165, 1.54) is 0 Å². The van der Waals surface area contributed by atoms with Crippen LogP contribution in [0.4, 0.5) is 0 Å². The van der Waals surface area contributed by atoms with Gasteiger partial charge in [-0.2, -0.15) is 5.10 Å². The molecule has 1 rings (SSSR count). The van der Waals surface area contributed by atoms with Crippen molar-refractivity contribution in [3.8, 4) is 5.75 Å². The lowest BCUT2D eigenvalue weighted by Gasteiger charge is -2.07. The maximum Gasteiger partial charge on any atom is 0.184 e. The van der Waals surface area contributed by atoms with Crippen LogP contribution < -0.4 is 15.9 Å². The largest absolute Gasteiger partial charge is 0.496 e. The van der Waals surface area contributed by atoms with Gasteiger partial charge in [-0.25, -0.2) is 0 Å². The molecule has 0 unspecified atom stereocenters. The molecule has 3 N–H and O–H groups in total. The van der Waals surface area contributed by atoms with Crippen molar-refractivity contribution in [3.05, 3.63) is 29.3 Å². The summed E-state index contributed by atoms with van der Waals surface area (Å²) in [6.45, 7) is 1.97. The van der Waals surface area contributed by atoms with Crippen LogP contribution in [0.2, 0.25) is 0 Å². The molecule has 0 aliphatic rings. The second-order valence-electron chi connectivity index (χ2n) is 2.93. The lowest BCUT2D eigenvalue weighted by molar-refractivity contribution is 0.411. The molecule has 0 saturated carbocycles. The van der Waals surface area contributed by atoms with Crippen molar-refractivity contribution in [3.63, 3.8) is 0 Å². The van der Waals surface area contributed by atoms with Gasteiger partial charge in [-0.1, -0.05) is 12.1 Å². The Hall–Kier alpha value is -1.62. The van der Waals surface area contributed by atoms with Crippen LogP contribution in [-0.2, 0) is 0 Å². The van der Waals surface area contributed by atoms with Gasteiger partial charge in [-0.05, 0) is 30.8 Å². The number of aryl methyl sites for hydroxylation is 1. The van der Waals surface area contributed by atoms with Crippen LogP contribution in [0.15, 0.2) is 23.3 Å². The molecule has 80 valence electrons. The average molecular weight is 223 g/mol. The van der Waals surface area contributed by atoms with Crippen molar-refractivity contribution in [2.75, 3.05) is 7.11 Å². The Balaban J connectivity index is 2.89. The topological polar surface area (TPSA) is 59.6 Å². The molecule has 4 nitrogen and oxygen atoms in total. The number of nitrogens with two attached hydrogens (primary N) is 1. The highest BCUT2D eigenvalue weighted by Crippen LogP contribution is 2.20. The summed E-state index contributed by atoms with van der Waals surface area (Å²) in [6.07, 6.45) is 1.62. The quantitative estimate of drug-likeness (QED) is 0.459. The molecule has 0 aliphatic carbocycles. The maximum absolute atomic E-state index is 5.25. The third-order valence-corrected chi connectivity index (χ3v) is 1.92. The fourth-order valence-electron chi connectivity index (χ4n) is 1.22. The minimum Gasteiger partial charge on any atom is -0.496 e. The second-order valence-corrected chi connectivity index (χ2v) is 3.37. The average Bonchev–Trinajstić information content (AvgIpc) is 2.17. The van der Waals surface area contributed by atoms with Crippen molar-refractivity contribution in [2.45, 2.75) is 6.92 Å². The molecule has 15 heavy (non-hydrogen) atoms. The number of nitrogens with zero attached hydrogens (tertiary/aromatic N) is 1. The van der Waals surface area contributed by atoms with Crippen LogP contribution in [0, 0.1) is 6.92 Å². The zero-order chi connectivity index (χ0) is 11.3. The molecule has 1 aromatic carbocycles. The highest BCUT2D eigenvalue weighted by atomic mass is 32.1. The third-order valence-electron chi connectivity index (χ3n) is 1.82. The number of thiocarbonyl (C=S) groups is 1. The molecule has 0 saturated heterocycles. The normalized spacial score (nSPS) is 10.3. The number of para-hydroxylation sites is 1. The summed E-state index contributed by atoms with van der Waals surface area (Å²) in [4.78, 5) is 0. The highest BCUT2D eigenvalue weighted by molar-refractivity contribution is 7.80. The first-order valence-electron chi connectivity index (χ1n) is 4.37. The number of rotatable bonds is 3. The van der Waals surface area contributed by atoms with Crippen molar-refractivity contribution >= 4 is 23.5 Å². The van der Waals surface area contributed by atoms with Crippen molar-refractivity contribution in [2.24, 2.45) is 10.8 Å². The molecule has 0 spiro atoms. The minimum atomic E-state index is 0.137. The molecule has 0 heterocycles. The first-order valence-corrected chi connectivity index (χ1v) is 4.78. The molecular formula is C10H13N3OS. The SMILES string of the molecule is COc1c(C)cccc1C=NNC(N)=S.